The van der Waals surface area contributed by atoms with Crippen LogP contribution in [0, 0.1) is 0 Å². The van der Waals surface area contributed by atoms with Crippen LogP contribution in [0.4, 0.5) is 0 Å². The van der Waals surface area contributed by atoms with Crippen LogP contribution in [-0.2, 0) is 23.7 Å². The van der Waals surface area contributed by atoms with Crippen LogP contribution in [0.5, 0.6) is 17.2 Å². The topological polar surface area (TPSA) is 288 Å². The van der Waals surface area contributed by atoms with Crippen LogP contribution in [0.15, 0.2) is 51.7 Å². The SMILES string of the molecule is CC1OC(OC2C(CO)OC(Oc3cc(O)c4c(=O)cc(-c5ccc(O)cc5)oc4c3)C(OC3OC(C)C(O)C(O)C3O)C2O)C(O)C(O)C1O. The highest BCUT2D eigenvalue weighted by Crippen LogP contribution is 2.36. The number of benzene rings is 2. The molecule has 3 aliphatic heterocycles. The van der Waals surface area contributed by atoms with Gasteiger partial charge in [-0.25, -0.2) is 0 Å². The van der Waals surface area contributed by atoms with Crippen molar-refractivity contribution in [2.75, 3.05) is 6.61 Å². The molecule has 0 saturated carbocycles. The fourth-order valence-electron chi connectivity index (χ4n) is 6.22. The Hall–Kier alpha value is -3.47. The third kappa shape index (κ3) is 7.29. The van der Waals surface area contributed by atoms with Gasteiger partial charge < -0.3 is 83.9 Å². The maximum absolute atomic E-state index is 13.0. The lowest BCUT2D eigenvalue weighted by Gasteiger charge is -2.48. The van der Waals surface area contributed by atoms with Crippen molar-refractivity contribution in [1.82, 2.24) is 0 Å². The monoisotopic (exact) mass is 724 g/mol. The Morgan fingerprint density at radius 3 is 1.80 bits per heavy atom. The van der Waals surface area contributed by atoms with Gasteiger partial charge in [0, 0.05) is 23.8 Å². The molecule has 10 N–H and O–H groups in total. The fraction of sp³-hybridized carbons (Fsp3) is 0.545. The van der Waals surface area contributed by atoms with Crippen molar-refractivity contribution in [2.24, 2.45) is 0 Å². The van der Waals surface area contributed by atoms with Crippen molar-refractivity contribution in [3.8, 4) is 28.6 Å². The Kier molecular flexibility index (Phi) is 10.9. The van der Waals surface area contributed by atoms with E-state index >= 15 is 0 Å². The molecule has 0 spiro atoms. The summed E-state index contributed by atoms with van der Waals surface area (Å²) < 4.78 is 40.6. The van der Waals surface area contributed by atoms with E-state index in [0.717, 1.165) is 12.1 Å². The first kappa shape index (κ1) is 37.3. The van der Waals surface area contributed by atoms with Crippen LogP contribution < -0.4 is 10.2 Å². The summed E-state index contributed by atoms with van der Waals surface area (Å²) in [5, 5.41) is 104. The summed E-state index contributed by atoms with van der Waals surface area (Å²) in [6, 6.07) is 9.22. The van der Waals surface area contributed by atoms with Crippen LogP contribution in [0.1, 0.15) is 13.8 Å². The number of ether oxygens (including phenoxy) is 6. The van der Waals surface area contributed by atoms with Crippen LogP contribution >= 0.6 is 0 Å². The fourth-order valence-corrected chi connectivity index (χ4v) is 6.22. The van der Waals surface area contributed by atoms with Crippen molar-refractivity contribution in [3.05, 3.63) is 52.7 Å². The van der Waals surface area contributed by atoms with E-state index < -0.39 is 110 Å². The molecule has 4 heterocycles. The molecule has 280 valence electrons. The third-order valence-electron chi connectivity index (χ3n) is 9.18. The zero-order valence-electron chi connectivity index (χ0n) is 27.1. The van der Waals surface area contributed by atoms with E-state index in [-0.39, 0.29) is 28.2 Å². The van der Waals surface area contributed by atoms with Gasteiger partial charge in [-0.3, -0.25) is 4.79 Å². The minimum Gasteiger partial charge on any atom is -0.508 e. The number of aliphatic hydroxyl groups is 8. The largest absolute Gasteiger partial charge is 0.508 e. The summed E-state index contributed by atoms with van der Waals surface area (Å²) in [5.74, 6) is -0.682. The van der Waals surface area contributed by atoms with Gasteiger partial charge in [-0.1, -0.05) is 0 Å². The smallest absolute Gasteiger partial charge is 0.229 e. The molecule has 0 amide bonds. The Morgan fingerprint density at radius 1 is 0.667 bits per heavy atom. The molecular formula is C33H40O18. The van der Waals surface area contributed by atoms with E-state index in [1.54, 1.807) is 0 Å². The third-order valence-corrected chi connectivity index (χ3v) is 9.18. The number of aliphatic hydroxyl groups excluding tert-OH is 8. The summed E-state index contributed by atoms with van der Waals surface area (Å²) >= 11 is 0. The van der Waals surface area contributed by atoms with Gasteiger partial charge in [0.2, 0.25) is 6.29 Å². The molecule has 2 aromatic carbocycles. The molecule has 3 saturated heterocycles. The quantitative estimate of drug-likeness (QED) is 0.117. The Labute approximate surface area is 288 Å². The first-order valence-corrected chi connectivity index (χ1v) is 16.1. The first-order chi connectivity index (χ1) is 24.2. The molecule has 3 aliphatic rings. The normalized spacial score (nSPS) is 38.8. The molecule has 3 fully saturated rings. The lowest BCUT2D eigenvalue weighted by molar-refractivity contribution is -0.376. The average molecular weight is 725 g/mol. The predicted octanol–water partition coefficient (Wildman–Crippen LogP) is -2.25. The lowest BCUT2D eigenvalue weighted by atomic mass is 9.96. The van der Waals surface area contributed by atoms with Gasteiger partial charge in [-0.15, -0.1) is 0 Å². The maximum Gasteiger partial charge on any atom is 0.229 e. The predicted molar refractivity (Wildman–Crippen MR) is 168 cm³/mol. The molecule has 15 unspecified atom stereocenters. The van der Waals surface area contributed by atoms with Crippen molar-refractivity contribution in [1.29, 1.82) is 0 Å². The van der Waals surface area contributed by atoms with Gasteiger partial charge in [0.25, 0.3) is 0 Å². The summed E-state index contributed by atoms with van der Waals surface area (Å²) in [7, 11) is 0. The summed E-state index contributed by atoms with van der Waals surface area (Å²) in [6.45, 7) is 1.98. The number of hydrogen-bond donors (Lipinski definition) is 10. The number of hydrogen-bond acceptors (Lipinski definition) is 18. The van der Waals surface area contributed by atoms with Crippen molar-refractivity contribution >= 4 is 11.0 Å². The average Bonchev–Trinajstić information content (AvgIpc) is 3.09. The summed E-state index contributed by atoms with van der Waals surface area (Å²) in [5.41, 5.74) is -0.311. The van der Waals surface area contributed by atoms with Gasteiger partial charge in [0.15, 0.2) is 24.1 Å². The van der Waals surface area contributed by atoms with E-state index in [9.17, 15) is 55.9 Å². The molecule has 18 nitrogen and oxygen atoms in total. The standard InChI is InChI=1S/C33H40O18/c1-11-22(38)24(40)26(42)31(45-11)50-29-20(10-34)49-33(30(28(29)44)51-32-27(43)25(41)23(39)12(2)46-32)47-15-7-16(36)21-17(37)9-18(48-19(21)8-15)13-3-5-14(35)6-4-13/h3-9,11-12,20,22-36,38-44H,10H2,1-2H3. The second-order valence-electron chi connectivity index (χ2n) is 12.7. The Morgan fingerprint density at radius 2 is 1.24 bits per heavy atom. The molecule has 0 bridgehead atoms. The summed E-state index contributed by atoms with van der Waals surface area (Å²) in [6.07, 6.45) is -23.9. The molecule has 0 aliphatic carbocycles. The minimum atomic E-state index is -1.88. The number of phenolic OH excluding ortho intramolecular Hbond substituents is 2. The molecule has 18 heteroatoms. The van der Waals surface area contributed by atoms with E-state index in [1.165, 1.54) is 44.2 Å². The molecule has 1 aromatic heterocycles. The van der Waals surface area contributed by atoms with Crippen LogP contribution in [0.3, 0.4) is 0 Å². The zero-order valence-corrected chi connectivity index (χ0v) is 27.1. The van der Waals surface area contributed by atoms with Crippen LogP contribution in [0.2, 0.25) is 0 Å². The number of fused-ring (bicyclic) bond motifs is 1. The lowest BCUT2D eigenvalue weighted by Crippen LogP contribution is -2.66. The van der Waals surface area contributed by atoms with Crippen molar-refractivity contribution in [2.45, 2.75) is 106 Å². The number of aromatic hydroxyl groups is 2. The second kappa shape index (κ2) is 14.9. The number of rotatable bonds is 8. The van der Waals surface area contributed by atoms with E-state index in [0.29, 0.717) is 5.56 Å². The molecule has 15 atom stereocenters. The Bertz CT molecular complexity index is 1720. The van der Waals surface area contributed by atoms with E-state index in [2.05, 4.69) is 0 Å². The van der Waals surface area contributed by atoms with Gasteiger partial charge in [-0.2, -0.15) is 0 Å². The van der Waals surface area contributed by atoms with E-state index in [1.807, 2.05) is 0 Å². The second-order valence-corrected chi connectivity index (χ2v) is 12.7. The zero-order chi connectivity index (χ0) is 36.9. The Balaban J connectivity index is 1.33. The van der Waals surface area contributed by atoms with Gasteiger partial charge in [0.1, 0.15) is 88.9 Å². The van der Waals surface area contributed by atoms with E-state index in [4.69, 9.17) is 32.8 Å². The highest BCUT2D eigenvalue weighted by Gasteiger charge is 2.54. The van der Waals surface area contributed by atoms with Crippen molar-refractivity contribution < 1.29 is 83.9 Å². The molecule has 0 radical (unpaired) electrons. The molecule has 3 aromatic rings. The highest BCUT2D eigenvalue weighted by atomic mass is 16.8. The minimum absolute atomic E-state index is 0.0184. The number of phenols is 2. The highest BCUT2D eigenvalue weighted by molar-refractivity contribution is 5.86. The van der Waals surface area contributed by atoms with Gasteiger partial charge in [0.05, 0.1) is 18.8 Å². The molecule has 51 heavy (non-hydrogen) atoms. The van der Waals surface area contributed by atoms with Crippen LogP contribution in [0.25, 0.3) is 22.3 Å². The first-order valence-electron chi connectivity index (χ1n) is 16.1. The van der Waals surface area contributed by atoms with Gasteiger partial charge in [-0.05, 0) is 38.1 Å². The van der Waals surface area contributed by atoms with Crippen molar-refractivity contribution in [3.63, 3.8) is 0 Å². The molecular weight excluding hydrogens is 684 g/mol. The maximum atomic E-state index is 13.0. The molecule has 6 rings (SSSR count). The van der Waals surface area contributed by atoms with Gasteiger partial charge >= 0.3 is 0 Å². The van der Waals surface area contributed by atoms with Crippen LogP contribution in [-0.4, -0.2) is 150 Å². The summed E-state index contributed by atoms with van der Waals surface area (Å²) in [4.78, 5) is 13.0.